The minimum absolute atomic E-state index is 0.00691. The zero-order valence-electron chi connectivity index (χ0n) is 32.1. The monoisotopic (exact) mass is 921 g/mol. The van der Waals surface area contributed by atoms with Gasteiger partial charge in [-0.25, -0.2) is 24.0 Å². The maximum atomic E-state index is 12.9. The van der Waals surface area contributed by atoms with Crippen LogP contribution in [0.3, 0.4) is 0 Å². The lowest BCUT2D eigenvalue weighted by Gasteiger charge is -2.24. The average molecular weight is 922 g/mol. The van der Waals surface area contributed by atoms with E-state index in [1.165, 1.54) is 48.5 Å². The molecule has 3 aromatic rings. The topological polar surface area (TPSA) is 223 Å². The van der Waals surface area contributed by atoms with Gasteiger partial charge in [-0.2, -0.15) is 26.3 Å². The summed E-state index contributed by atoms with van der Waals surface area (Å²) in [4.78, 5) is 58.0. The standard InChI is InChI=1S/C38H38F6N3O13PS/c1-3-31(48)53-21-5-7-29(55-34(45)50)23-9-15-26(16-10-23)58-61(62,59-27-17-11-24(12-18-27)30(56-35(46)51)8-6-22-54-32(49)4-2)60-28-19-13-25(14-20-28)47-36(52)57-33(37(39,40)41)38(42,43)44/h3-4,9-20,29-30,33H,1-2,5-8,21-22H2,(H2,45,50)(H2,46,51)(H,47,52). The Balaban J connectivity index is 1.87. The molecule has 0 aliphatic rings. The van der Waals surface area contributed by atoms with E-state index in [-0.39, 0.29) is 61.8 Å². The number of hydrogen-bond acceptors (Lipinski definition) is 14. The predicted octanol–water partition coefficient (Wildman–Crippen LogP) is 8.78. The first kappa shape index (κ1) is 49.9. The molecule has 0 saturated heterocycles. The first-order valence-electron chi connectivity index (χ1n) is 17.7. The second kappa shape index (κ2) is 22.9. The highest BCUT2D eigenvalue weighted by atomic mass is 32.5. The van der Waals surface area contributed by atoms with E-state index >= 15 is 0 Å². The molecule has 0 saturated carbocycles. The highest BCUT2D eigenvalue weighted by molar-refractivity contribution is 8.08. The van der Waals surface area contributed by atoms with Crippen molar-refractivity contribution < 1.29 is 87.6 Å². The number of carbonyl (C=O) groups is 5. The van der Waals surface area contributed by atoms with Gasteiger partial charge in [0.25, 0.3) is 6.10 Å². The van der Waals surface area contributed by atoms with Crippen molar-refractivity contribution in [2.24, 2.45) is 11.5 Å². The van der Waals surface area contributed by atoms with E-state index in [9.17, 15) is 50.3 Å². The van der Waals surface area contributed by atoms with Gasteiger partial charge in [0.1, 0.15) is 29.5 Å². The molecule has 0 fully saturated rings. The number of primary amides is 2. The van der Waals surface area contributed by atoms with Gasteiger partial charge < -0.3 is 48.7 Å². The van der Waals surface area contributed by atoms with E-state index in [4.69, 9.17) is 55.8 Å². The summed E-state index contributed by atoms with van der Waals surface area (Å²) in [5.41, 5.74) is 11.1. The molecule has 0 aromatic heterocycles. The number of benzene rings is 3. The van der Waals surface area contributed by atoms with Gasteiger partial charge in [-0.15, -0.1) is 0 Å². The smallest absolute Gasteiger partial charge is 0.463 e. The molecule has 2 unspecified atom stereocenters. The zero-order valence-corrected chi connectivity index (χ0v) is 33.8. The maximum Gasteiger partial charge on any atom is 0.490 e. The summed E-state index contributed by atoms with van der Waals surface area (Å²) in [7, 11) is 0. The van der Waals surface area contributed by atoms with Crippen molar-refractivity contribution in [1.29, 1.82) is 0 Å². The van der Waals surface area contributed by atoms with Gasteiger partial charge in [0.2, 0.25) is 0 Å². The molecule has 0 aliphatic heterocycles. The molecular formula is C38H38F6N3O13PS. The minimum Gasteiger partial charge on any atom is -0.463 e. The SMILES string of the molecule is C=CC(=O)OCCCC(OC(N)=O)c1ccc(OP(=S)(Oc2ccc(NC(=O)OC(C(F)(F)F)C(F)(F)F)cc2)Oc2ccc(C(CCCOC(=O)C=C)OC(N)=O)cc2)cc1. The van der Waals surface area contributed by atoms with E-state index < -0.39 is 67.6 Å². The van der Waals surface area contributed by atoms with Gasteiger partial charge in [-0.3, -0.25) is 5.32 Å². The van der Waals surface area contributed by atoms with Crippen LogP contribution in [0.25, 0.3) is 0 Å². The Morgan fingerprint density at radius 1 is 0.629 bits per heavy atom. The van der Waals surface area contributed by atoms with Crippen LogP contribution in [0.4, 0.5) is 46.4 Å². The van der Waals surface area contributed by atoms with Crippen LogP contribution in [0.1, 0.15) is 49.0 Å². The molecule has 16 nitrogen and oxygen atoms in total. The lowest BCUT2D eigenvalue weighted by atomic mass is 10.0. The molecule has 336 valence electrons. The normalized spacial score (nSPS) is 13.2. The quantitative estimate of drug-likeness (QED) is 0.0214. The molecule has 0 bridgehead atoms. The van der Waals surface area contributed by atoms with E-state index in [2.05, 4.69) is 17.9 Å². The third kappa shape index (κ3) is 17.2. The van der Waals surface area contributed by atoms with E-state index in [1.807, 2.05) is 0 Å². The Morgan fingerprint density at radius 3 is 1.31 bits per heavy atom. The number of nitrogens with one attached hydrogen (secondary N) is 1. The van der Waals surface area contributed by atoms with Crippen molar-refractivity contribution >= 4 is 54.4 Å². The number of amides is 3. The van der Waals surface area contributed by atoms with Crippen LogP contribution in [0.15, 0.2) is 98.1 Å². The summed E-state index contributed by atoms with van der Waals surface area (Å²) >= 11 is 5.73. The number of nitrogens with two attached hydrogens (primary N) is 2. The number of hydrogen-bond donors (Lipinski definition) is 3. The van der Waals surface area contributed by atoms with Crippen molar-refractivity contribution in [1.82, 2.24) is 0 Å². The summed E-state index contributed by atoms with van der Waals surface area (Å²) in [5, 5.41) is 1.76. The third-order valence-corrected chi connectivity index (χ3v) is 9.61. The summed E-state index contributed by atoms with van der Waals surface area (Å²) in [6, 6.07) is 16.1. The summed E-state index contributed by atoms with van der Waals surface area (Å²) in [6.45, 7) is 2.57. The molecular weight excluding hydrogens is 883 g/mol. The number of alkyl halides is 6. The second-order valence-electron chi connectivity index (χ2n) is 12.3. The fraction of sp³-hybridized carbons (Fsp3) is 0.289. The van der Waals surface area contributed by atoms with Gasteiger partial charge in [-0.1, -0.05) is 37.4 Å². The summed E-state index contributed by atoms with van der Waals surface area (Å²) in [6.07, 6.45) is -19.3. The van der Waals surface area contributed by atoms with Crippen molar-refractivity contribution in [3.63, 3.8) is 0 Å². The van der Waals surface area contributed by atoms with Gasteiger partial charge in [-0.05, 0) is 85.3 Å². The van der Waals surface area contributed by atoms with Crippen LogP contribution in [0.5, 0.6) is 17.2 Å². The van der Waals surface area contributed by atoms with Crippen molar-refractivity contribution in [3.8, 4) is 17.2 Å². The number of ether oxygens (including phenoxy) is 5. The lowest BCUT2D eigenvalue weighted by Crippen LogP contribution is -2.46. The predicted molar refractivity (Wildman–Crippen MR) is 209 cm³/mol. The van der Waals surface area contributed by atoms with Crippen LogP contribution in [0, 0.1) is 0 Å². The van der Waals surface area contributed by atoms with Gasteiger partial charge in [0.15, 0.2) is 0 Å². The zero-order chi connectivity index (χ0) is 46.1. The van der Waals surface area contributed by atoms with E-state index in [1.54, 1.807) is 5.32 Å². The number of carbonyl (C=O) groups excluding carboxylic acids is 5. The lowest BCUT2D eigenvalue weighted by molar-refractivity contribution is -0.306. The number of esters is 2. The second-order valence-corrected chi connectivity index (χ2v) is 15.0. The van der Waals surface area contributed by atoms with E-state index in [0.717, 1.165) is 36.4 Å². The Morgan fingerprint density at radius 2 is 0.984 bits per heavy atom. The molecule has 5 N–H and O–H groups in total. The molecule has 3 aromatic carbocycles. The fourth-order valence-electron chi connectivity index (χ4n) is 4.97. The highest BCUT2D eigenvalue weighted by Gasteiger charge is 2.60. The first-order chi connectivity index (χ1) is 29.1. The molecule has 0 spiro atoms. The molecule has 3 amide bonds. The van der Waals surface area contributed by atoms with E-state index in [0.29, 0.717) is 11.1 Å². The van der Waals surface area contributed by atoms with Crippen molar-refractivity contribution in [2.45, 2.75) is 56.3 Å². The Bertz CT molecular complexity index is 1960. The third-order valence-electron chi connectivity index (χ3n) is 7.64. The van der Waals surface area contributed by atoms with Crippen molar-refractivity contribution in [3.05, 3.63) is 109 Å². The Hall–Kier alpha value is -6.48. The van der Waals surface area contributed by atoms with Gasteiger partial charge in [0.05, 0.1) is 13.2 Å². The first-order valence-corrected chi connectivity index (χ1v) is 20.3. The van der Waals surface area contributed by atoms with Crippen LogP contribution >= 0.6 is 6.72 Å². The van der Waals surface area contributed by atoms with Gasteiger partial charge >= 0.3 is 49.3 Å². The summed E-state index contributed by atoms with van der Waals surface area (Å²) in [5.74, 6) is -1.27. The van der Waals surface area contributed by atoms with Crippen LogP contribution in [-0.2, 0) is 45.1 Å². The Labute approximate surface area is 354 Å². The average Bonchev–Trinajstić information content (AvgIpc) is 3.19. The molecule has 0 heterocycles. The number of halogens is 6. The van der Waals surface area contributed by atoms with Crippen LogP contribution < -0.4 is 30.4 Å². The highest BCUT2D eigenvalue weighted by Crippen LogP contribution is 2.50. The number of rotatable bonds is 22. The molecule has 0 aliphatic carbocycles. The summed E-state index contributed by atoms with van der Waals surface area (Å²) < 4.78 is 119. The molecule has 0 radical (unpaired) electrons. The maximum absolute atomic E-state index is 12.9. The minimum atomic E-state index is -5.94. The molecule has 24 heteroatoms. The van der Waals surface area contributed by atoms with Crippen LogP contribution in [-0.4, -0.2) is 61.9 Å². The Kier molecular flexibility index (Phi) is 18.5. The van der Waals surface area contributed by atoms with Crippen molar-refractivity contribution in [2.75, 3.05) is 18.5 Å². The molecule has 3 rings (SSSR count). The van der Waals surface area contributed by atoms with Gasteiger partial charge in [0, 0.05) is 29.6 Å². The van der Waals surface area contributed by atoms with Crippen LogP contribution in [0.2, 0.25) is 0 Å². The molecule has 62 heavy (non-hydrogen) atoms. The number of anilines is 1. The largest absolute Gasteiger partial charge is 0.490 e. The molecule has 2 atom stereocenters. The fourth-order valence-corrected chi connectivity index (χ4v) is 7.00.